The second kappa shape index (κ2) is 7.06. The third-order valence-electron chi connectivity index (χ3n) is 3.15. The molecule has 0 saturated carbocycles. The topological polar surface area (TPSA) is 64.7 Å². The summed E-state index contributed by atoms with van der Waals surface area (Å²) in [6, 6.07) is 11.1. The van der Waals surface area contributed by atoms with E-state index in [2.05, 4.69) is 0 Å². The number of aliphatic hydroxyl groups excluding tert-OH is 1. The van der Waals surface area contributed by atoms with Gasteiger partial charge in [-0.2, -0.15) is 0 Å². The van der Waals surface area contributed by atoms with Gasteiger partial charge in [0.2, 0.25) is 0 Å². The number of halogens is 1. The van der Waals surface area contributed by atoms with Gasteiger partial charge < -0.3 is 20.3 Å². The first-order valence-corrected chi connectivity index (χ1v) is 6.56. The van der Waals surface area contributed by atoms with Crippen LogP contribution < -0.4 is 15.2 Å². The highest BCUT2D eigenvalue weighted by Crippen LogP contribution is 2.30. The average molecular weight is 291 g/mol. The van der Waals surface area contributed by atoms with Crippen LogP contribution in [0.1, 0.15) is 17.2 Å². The Balaban J connectivity index is 2.19. The SMILES string of the molecule is COc1ccc([C@H](N)CO)cc1OCc1ccccc1F. The molecule has 0 aliphatic rings. The second-order valence-corrected chi connectivity index (χ2v) is 4.58. The molecule has 0 bridgehead atoms. The lowest BCUT2D eigenvalue weighted by Gasteiger charge is -2.15. The molecule has 2 aromatic carbocycles. The van der Waals surface area contributed by atoms with Crippen LogP contribution in [0.4, 0.5) is 4.39 Å². The molecule has 0 unspecified atom stereocenters. The maximum absolute atomic E-state index is 13.6. The molecular weight excluding hydrogens is 273 g/mol. The van der Waals surface area contributed by atoms with Gasteiger partial charge in [-0.15, -0.1) is 0 Å². The molecule has 1 atom stereocenters. The molecule has 4 nitrogen and oxygen atoms in total. The van der Waals surface area contributed by atoms with Gasteiger partial charge in [0, 0.05) is 5.56 Å². The fraction of sp³-hybridized carbons (Fsp3) is 0.250. The van der Waals surface area contributed by atoms with Gasteiger partial charge in [0.25, 0.3) is 0 Å². The molecule has 0 aliphatic heterocycles. The van der Waals surface area contributed by atoms with E-state index in [9.17, 15) is 4.39 Å². The lowest BCUT2D eigenvalue weighted by atomic mass is 10.1. The summed E-state index contributed by atoms with van der Waals surface area (Å²) in [6.45, 7) is -0.0834. The first-order valence-electron chi connectivity index (χ1n) is 6.56. The summed E-state index contributed by atoms with van der Waals surface area (Å²) in [6.07, 6.45) is 0. The molecule has 5 heteroatoms. The minimum Gasteiger partial charge on any atom is -0.493 e. The zero-order valence-electron chi connectivity index (χ0n) is 11.8. The molecule has 0 aromatic heterocycles. The Morgan fingerprint density at radius 3 is 2.62 bits per heavy atom. The van der Waals surface area contributed by atoms with E-state index in [-0.39, 0.29) is 19.0 Å². The second-order valence-electron chi connectivity index (χ2n) is 4.58. The number of rotatable bonds is 6. The van der Waals surface area contributed by atoms with Crippen molar-refractivity contribution in [2.75, 3.05) is 13.7 Å². The number of hydrogen-bond acceptors (Lipinski definition) is 4. The molecule has 21 heavy (non-hydrogen) atoms. The Bertz CT molecular complexity index is 604. The van der Waals surface area contributed by atoms with Gasteiger partial charge in [0.1, 0.15) is 12.4 Å². The molecule has 0 radical (unpaired) electrons. The standard InChI is InChI=1S/C16H18FNO3/c1-20-15-7-6-11(14(18)9-19)8-16(15)21-10-12-4-2-3-5-13(12)17/h2-8,14,19H,9-10,18H2,1H3/t14-/m1/s1. The van der Waals surface area contributed by atoms with Gasteiger partial charge in [0.05, 0.1) is 19.8 Å². The van der Waals surface area contributed by atoms with Gasteiger partial charge in [-0.3, -0.25) is 0 Å². The molecular formula is C16H18FNO3. The number of methoxy groups -OCH3 is 1. The summed E-state index contributed by atoms with van der Waals surface area (Å²) in [7, 11) is 1.52. The summed E-state index contributed by atoms with van der Waals surface area (Å²) >= 11 is 0. The fourth-order valence-electron chi connectivity index (χ4n) is 1.91. The molecule has 0 heterocycles. The van der Waals surface area contributed by atoms with E-state index >= 15 is 0 Å². The van der Waals surface area contributed by atoms with Crippen LogP contribution >= 0.6 is 0 Å². The van der Waals surface area contributed by atoms with Crippen molar-refractivity contribution in [3.8, 4) is 11.5 Å². The van der Waals surface area contributed by atoms with E-state index < -0.39 is 6.04 Å². The highest BCUT2D eigenvalue weighted by molar-refractivity contribution is 5.44. The van der Waals surface area contributed by atoms with Crippen molar-refractivity contribution >= 4 is 0 Å². The first kappa shape index (κ1) is 15.3. The fourth-order valence-corrected chi connectivity index (χ4v) is 1.91. The van der Waals surface area contributed by atoms with E-state index in [0.29, 0.717) is 17.1 Å². The zero-order chi connectivity index (χ0) is 15.2. The van der Waals surface area contributed by atoms with Crippen molar-refractivity contribution < 1.29 is 19.0 Å². The Kier molecular flexibility index (Phi) is 5.14. The van der Waals surface area contributed by atoms with Gasteiger partial charge in [-0.25, -0.2) is 4.39 Å². The van der Waals surface area contributed by atoms with Crippen molar-refractivity contribution in [1.29, 1.82) is 0 Å². The number of hydrogen-bond donors (Lipinski definition) is 2. The zero-order valence-corrected chi connectivity index (χ0v) is 11.8. The van der Waals surface area contributed by atoms with Crippen LogP contribution in [0.25, 0.3) is 0 Å². The number of ether oxygens (including phenoxy) is 2. The molecule has 0 amide bonds. The number of nitrogens with two attached hydrogens (primary N) is 1. The van der Waals surface area contributed by atoms with E-state index in [1.54, 1.807) is 36.4 Å². The number of benzene rings is 2. The van der Waals surface area contributed by atoms with Crippen LogP contribution in [0.3, 0.4) is 0 Å². The molecule has 0 spiro atoms. The van der Waals surface area contributed by atoms with Gasteiger partial charge in [0.15, 0.2) is 11.5 Å². The van der Waals surface area contributed by atoms with Crippen LogP contribution in [0.15, 0.2) is 42.5 Å². The van der Waals surface area contributed by atoms with Crippen LogP contribution in [0.5, 0.6) is 11.5 Å². The molecule has 0 aliphatic carbocycles. The van der Waals surface area contributed by atoms with Gasteiger partial charge in [-0.1, -0.05) is 24.3 Å². The highest BCUT2D eigenvalue weighted by atomic mass is 19.1. The summed E-state index contributed by atoms with van der Waals surface area (Å²) < 4.78 is 24.4. The maximum Gasteiger partial charge on any atom is 0.162 e. The lowest BCUT2D eigenvalue weighted by molar-refractivity contribution is 0.264. The third-order valence-corrected chi connectivity index (χ3v) is 3.15. The third kappa shape index (κ3) is 3.71. The quantitative estimate of drug-likeness (QED) is 0.858. The molecule has 0 fully saturated rings. The largest absolute Gasteiger partial charge is 0.493 e. The van der Waals surface area contributed by atoms with Crippen molar-refractivity contribution in [2.24, 2.45) is 5.73 Å². The molecule has 3 N–H and O–H groups in total. The van der Waals surface area contributed by atoms with Crippen molar-refractivity contribution in [3.05, 3.63) is 59.4 Å². The Morgan fingerprint density at radius 1 is 1.19 bits per heavy atom. The molecule has 2 aromatic rings. The summed E-state index contributed by atoms with van der Waals surface area (Å²) in [5, 5.41) is 9.10. The minimum absolute atomic E-state index is 0.0842. The summed E-state index contributed by atoms with van der Waals surface area (Å²) in [5.41, 5.74) is 6.96. The molecule has 2 rings (SSSR count). The van der Waals surface area contributed by atoms with E-state index in [1.807, 2.05) is 0 Å². The predicted octanol–water partition coefficient (Wildman–Crippen LogP) is 2.41. The Morgan fingerprint density at radius 2 is 1.95 bits per heavy atom. The Hall–Kier alpha value is -2.11. The van der Waals surface area contributed by atoms with Crippen molar-refractivity contribution in [2.45, 2.75) is 12.6 Å². The Labute approximate surface area is 122 Å². The van der Waals surface area contributed by atoms with Gasteiger partial charge in [-0.05, 0) is 23.8 Å². The van der Waals surface area contributed by atoms with Crippen LogP contribution in [-0.4, -0.2) is 18.8 Å². The normalized spacial score (nSPS) is 12.0. The van der Waals surface area contributed by atoms with Crippen LogP contribution in [0.2, 0.25) is 0 Å². The number of aliphatic hydroxyl groups is 1. The summed E-state index contributed by atoms with van der Waals surface area (Å²) in [4.78, 5) is 0. The predicted molar refractivity (Wildman–Crippen MR) is 77.7 cm³/mol. The smallest absolute Gasteiger partial charge is 0.162 e. The van der Waals surface area contributed by atoms with E-state index in [1.165, 1.54) is 13.2 Å². The van der Waals surface area contributed by atoms with E-state index in [0.717, 1.165) is 5.56 Å². The van der Waals surface area contributed by atoms with Crippen LogP contribution in [0, 0.1) is 5.82 Å². The van der Waals surface area contributed by atoms with Crippen LogP contribution in [-0.2, 0) is 6.61 Å². The summed E-state index contributed by atoms with van der Waals surface area (Å²) in [5.74, 6) is 0.669. The van der Waals surface area contributed by atoms with Gasteiger partial charge >= 0.3 is 0 Å². The van der Waals surface area contributed by atoms with E-state index in [4.69, 9.17) is 20.3 Å². The minimum atomic E-state index is -0.494. The lowest BCUT2D eigenvalue weighted by Crippen LogP contribution is -2.14. The monoisotopic (exact) mass is 291 g/mol. The van der Waals surface area contributed by atoms with Crippen molar-refractivity contribution in [3.63, 3.8) is 0 Å². The highest BCUT2D eigenvalue weighted by Gasteiger charge is 2.11. The molecule has 0 saturated heterocycles. The maximum atomic E-state index is 13.6. The first-order chi connectivity index (χ1) is 10.2. The average Bonchev–Trinajstić information content (AvgIpc) is 2.53. The molecule has 112 valence electrons. The van der Waals surface area contributed by atoms with Crippen molar-refractivity contribution in [1.82, 2.24) is 0 Å².